The van der Waals surface area contributed by atoms with Crippen LogP contribution in [-0.4, -0.2) is 37.0 Å². The summed E-state index contributed by atoms with van der Waals surface area (Å²) >= 11 is 0. The summed E-state index contributed by atoms with van der Waals surface area (Å²) in [4.78, 5) is 4.16. The first-order valence-electron chi connectivity index (χ1n) is 5.96. The first-order valence-corrected chi connectivity index (χ1v) is 5.96. The van der Waals surface area contributed by atoms with E-state index in [9.17, 15) is 4.39 Å². The average Bonchev–Trinajstić information content (AvgIpc) is 2.79. The highest BCUT2D eigenvalue weighted by atomic mass is 19.1. The fourth-order valence-electron chi connectivity index (χ4n) is 2.21. The molecule has 3 heterocycles. The molecule has 3 rings (SSSR count). The molecule has 0 bridgehead atoms. The summed E-state index contributed by atoms with van der Waals surface area (Å²) in [5, 5.41) is 3.00. The predicted molar refractivity (Wildman–Crippen MR) is 60.2 cm³/mol. The van der Waals surface area contributed by atoms with Crippen molar-refractivity contribution in [2.24, 2.45) is 0 Å². The largest absolute Gasteiger partial charge is 0.486 e. The Morgan fingerprint density at radius 2 is 2.47 bits per heavy atom. The number of piperidine rings is 1. The molecule has 1 saturated heterocycles. The molecular formula is C12H15FN2O2. The van der Waals surface area contributed by atoms with Crippen LogP contribution in [0.3, 0.4) is 0 Å². The smallest absolute Gasteiger partial charge is 0.216 e. The highest BCUT2D eigenvalue weighted by Crippen LogP contribution is 2.27. The number of fused-ring (bicyclic) bond motifs is 1. The zero-order valence-corrected chi connectivity index (χ0v) is 9.49. The molecule has 0 aromatic carbocycles. The van der Waals surface area contributed by atoms with Gasteiger partial charge in [0.15, 0.2) is 0 Å². The fourth-order valence-corrected chi connectivity index (χ4v) is 2.21. The number of ether oxygens (including phenoxy) is 2. The zero-order valence-electron chi connectivity index (χ0n) is 9.49. The van der Waals surface area contributed by atoms with Crippen LogP contribution >= 0.6 is 0 Å². The number of alkyl halides is 1. The van der Waals surface area contributed by atoms with Gasteiger partial charge in [-0.2, -0.15) is 0 Å². The van der Waals surface area contributed by atoms with Crippen LogP contribution in [0.25, 0.3) is 0 Å². The molecule has 5 heteroatoms. The summed E-state index contributed by atoms with van der Waals surface area (Å²) in [7, 11) is 0. The SMILES string of the molecule is FC1CNCCC1Oc1cnc2c(c1)CCO2. The van der Waals surface area contributed by atoms with Crippen molar-refractivity contribution in [2.45, 2.75) is 25.1 Å². The topological polar surface area (TPSA) is 43.4 Å². The van der Waals surface area contributed by atoms with Crippen LogP contribution in [-0.2, 0) is 6.42 Å². The van der Waals surface area contributed by atoms with Gasteiger partial charge in [0.2, 0.25) is 5.88 Å². The summed E-state index contributed by atoms with van der Waals surface area (Å²) in [6.07, 6.45) is 1.84. The monoisotopic (exact) mass is 238 g/mol. The molecule has 0 amide bonds. The maximum absolute atomic E-state index is 13.6. The first kappa shape index (κ1) is 10.8. The maximum Gasteiger partial charge on any atom is 0.216 e. The van der Waals surface area contributed by atoms with Crippen molar-refractivity contribution in [3.8, 4) is 11.6 Å². The molecule has 4 nitrogen and oxygen atoms in total. The molecule has 0 saturated carbocycles. The van der Waals surface area contributed by atoms with E-state index in [0.717, 1.165) is 18.5 Å². The molecule has 2 aliphatic rings. The van der Waals surface area contributed by atoms with E-state index in [-0.39, 0.29) is 6.10 Å². The van der Waals surface area contributed by atoms with Gasteiger partial charge in [0.1, 0.15) is 18.0 Å². The molecule has 1 fully saturated rings. The van der Waals surface area contributed by atoms with Crippen LogP contribution < -0.4 is 14.8 Å². The minimum Gasteiger partial charge on any atom is -0.486 e. The van der Waals surface area contributed by atoms with E-state index in [1.165, 1.54) is 0 Å². The number of aromatic nitrogens is 1. The molecule has 0 spiro atoms. The van der Waals surface area contributed by atoms with E-state index in [2.05, 4.69) is 10.3 Å². The summed E-state index contributed by atoms with van der Waals surface area (Å²) in [6.45, 7) is 1.84. The van der Waals surface area contributed by atoms with E-state index in [1.54, 1.807) is 6.20 Å². The second-order valence-corrected chi connectivity index (χ2v) is 4.40. The molecule has 1 N–H and O–H groups in total. The van der Waals surface area contributed by atoms with Crippen LogP contribution in [0, 0.1) is 0 Å². The van der Waals surface area contributed by atoms with Gasteiger partial charge in [0.25, 0.3) is 0 Å². The lowest BCUT2D eigenvalue weighted by atomic mass is 10.1. The Labute approximate surface area is 99.1 Å². The Morgan fingerprint density at radius 1 is 1.53 bits per heavy atom. The van der Waals surface area contributed by atoms with Gasteiger partial charge in [-0.1, -0.05) is 0 Å². The molecular weight excluding hydrogens is 223 g/mol. The molecule has 1 aromatic heterocycles. The number of hydrogen-bond acceptors (Lipinski definition) is 4. The number of rotatable bonds is 2. The van der Waals surface area contributed by atoms with Crippen LogP contribution in [0.5, 0.6) is 11.6 Å². The van der Waals surface area contributed by atoms with Gasteiger partial charge in [0, 0.05) is 18.5 Å². The third-order valence-electron chi connectivity index (χ3n) is 3.15. The van der Waals surface area contributed by atoms with Gasteiger partial charge in [0.05, 0.1) is 12.8 Å². The molecule has 2 atom stereocenters. The first-order chi connectivity index (χ1) is 8.33. The molecule has 2 aliphatic heterocycles. The third-order valence-corrected chi connectivity index (χ3v) is 3.15. The molecule has 1 aromatic rings. The number of hydrogen-bond donors (Lipinski definition) is 1. The summed E-state index contributed by atoms with van der Waals surface area (Å²) in [6, 6.07) is 1.91. The Hall–Kier alpha value is -1.36. The van der Waals surface area contributed by atoms with Crippen molar-refractivity contribution in [1.29, 1.82) is 0 Å². The van der Waals surface area contributed by atoms with Crippen molar-refractivity contribution in [1.82, 2.24) is 10.3 Å². The maximum atomic E-state index is 13.6. The normalized spacial score (nSPS) is 27.4. The lowest BCUT2D eigenvalue weighted by Crippen LogP contribution is -2.44. The summed E-state index contributed by atoms with van der Waals surface area (Å²) in [5.41, 5.74) is 1.05. The number of nitrogens with one attached hydrogen (secondary N) is 1. The zero-order chi connectivity index (χ0) is 11.7. The van der Waals surface area contributed by atoms with Crippen molar-refractivity contribution in [3.05, 3.63) is 17.8 Å². The highest BCUT2D eigenvalue weighted by molar-refractivity contribution is 5.35. The highest BCUT2D eigenvalue weighted by Gasteiger charge is 2.26. The van der Waals surface area contributed by atoms with Gasteiger partial charge < -0.3 is 14.8 Å². The van der Waals surface area contributed by atoms with Crippen molar-refractivity contribution in [2.75, 3.05) is 19.7 Å². The number of nitrogens with zero attached hydrogens (tertiary/aromatic N) is 1. The lowest BCUT2D eigenvalue weighted by Gasteiger charge is -2.27. The molecule has 2 unspecified atom stereocenters. The third kappa shape index (κ3) is 2.20. The Balaban J connectivity index is 1.72. The van der Waals surface area contributed by atoms with Crippen molar-refractivity contribution in [3.63, 3.8) is 0 Å². The molecule has 0 radical (unpaired) electrons. The summed E-state index contributed by atoms with van der Waals surface area (Å²) in [5.74, 6) is 1.32. The molecule has 0 aliphatic carbocycles. The van der Waals surface area contributed by atoms with Crippen molar-refractivity contribution >= 4 is 0 Å². The van der Waals surface area contributed by atoms with Gasteiger partial charge in [-0.3, -0.25) is 0 Å². The quantitative estimate of drug-likeness (QED) is 0.837. The lowest BCUT2D eigenvalue weighted by molar-refractivity contribution is 0.0727. The van der Waals surface area contributed by atoms with E-state index in [0.29, 0.717) is 31.2 Å². The summed E-state index contributed by atoms with van der Waals surface area (Å²) < 4.78 is 24.5. The Bertz CT molecular complexity index is 413. The minimum absolute atomic E-state index is 0.363. The standard InChI is InChI=1S/C12H15FN2O2/c13-10-7-14-3-1-11(10)17-9-5-8-2-4-16-12(8)15-6-9/h5-6,10-11,14H,1-4,7H2. The van der Waals surface area contributed by atoms with E-state index in [1.807, 2.05) is 6.07 Å². The fraction of sp³-hybridized carbons (Fsp3) is 0.583. The second-order valence-electron chi connectivity index (χ2n) is 4.40. The molecule has 92 valence electrons. The minimum atomic E-state index is -0.951. The van der Waals surface area contributed by atoms with Gasteiger partial charge in [-0.25, -0.2) is 9.37 Å². The Morgan fingerprint density at radius 3 is 3.35 bits per heavy atom. The number of pyridine rings is 1. The molecule has 17 heavy (non-hydrogen) atoms. The van der Waals surface area contributed by atoms with E-state index < -0.39 is 6.17 Å². The average molecular weight is 238 g/mol. The van der Waals surface area contributed by atoms with Crippen LogP contribution in [0.15, 0.2) is 12.3 Å². The van der Waals surface area contributed by atoms with Crippen LogP contribution in [0.4, 0.5) is 4.39 Å². The second kappa shape index (κ2) is 4.49. The van der Waals surface area contributed by atoms with E-state index in [4.69, 9.17) is 9.47 Å². The van der Waals surface area contributed by atoms with Crippen LogP contribution in [0.1, 0.15) is 12.0 Å². The van der Waals surface area contributed by atoms with Gasteiger partial charge in [-0.15, -0.1) is 0 Å². The predicted octanol–water partition coefficient (Wildman–Crippen LogP) is 1.10. The number of halogens is 1. The Kier molecular flexibility index (Phi) is 2.84. The van der Waals surface area contributed by atoms with Crippen LogP contribution in [0.2, 0.25) is 0 Å². The van der Waals surface area contributed by atoms with Crippen molar-refractivity contribution < 1.29 is 13.9 Å². The van der Waals surface area contributed by atoms with E-state index >= 15 is 0 Å². The van der Waals surface area contributed by atoms with Gasteiger partial charge >= 0.3 is 0 Å². The van der Waals surface area contributed by atoms with Gasteiger partial charge in [-0.05, 0) is 19.0 Å².